The minimum Gasteiger partial charge on any atom is -0.365 e. The van der Waals surface area contributed by atoms with Crippen LogP contribution in [0.3, 0.4) is 0 Å². The summed E-state index contributed by atoms with van der Waals surface area (Å²) in [6, 6.07) is 16.1. The summed E-state index contributed by atoms with van der Waals surface area (Å²) in [7, 11) is 0. The van der Waals surface area contributed by atoms with Gasteiger partial charge in [-0.05, 0) is 35.9 Å². The van der Waals surface area contributed by atoms with Crippen molar-refractivity contribution in [1.82, 2.24) is 19.6 Å². The highest BCUT2D eigenvalue weighted by atomic mass is 16.2. The van der Waals surface area contributed by atoms with Gasteiger partial charge in [-0.25, -0.2) is 14.5 Å². The van der Waals surface area contributed by atoms with Crippen molar-refractivity contribution in [2.45, 2.75) is 13.5 Å². The molecule has 4 rings (SSSR count). The normalized spacial score (nSPS) is 10.6. The number of aromatic nitrogens is 4. The zero-order chi connectivity index (χ0) is 22.0. The molecule has 2 N–H and O–H groups in total. The number of nitrogens with zero attached hydrogens (tertiary/aromatic N) is 6. The summed E-state index contributed by atoms with van der Waals surface area (Å²) < 4.78 is 1.56. The van der Waals surface area contributed by atoms with Gasteiger partial charge in [-0.3, -0.25) is 9.59 Å². The summed E-state index contributed by atoms with van der Waals surface area (Å²) in [5, 5.41) is 13.1. The molecule has 0 unspecified atom stereocenters. The summed E-state index contributed by atoms with van der Waals surface area (Å²) in [6.45, 7) is 1.82. The number of amides is 2. The summed E-state index contributed by atoms with van der Waals surface area (Å²) in [6.07, 6.45) is 2.95. The van der Waals surface area contributed by atoms with Gasteiger partial charge in [0, 0.05) is 24.4 Å². The number of nitrogens with two attached hydrogens (primary N) is 1. The first-order chi connectivity index (χ1) is 15.0. The molecule has 0 spiro atoms. The SMILES string of the molecule is CC(=O)N(Cc1ccc(C#N)nc1)c1ccc(-c2ccc(C(N)=O)c3ncnn23)cc1. The van der Waals surface area contributed by atoms with Gasteiger partial charge in [-0.1, -0.05) is 18.2 Å². The molecule has 0 saturated heterocycles. The molecule has 4 aromatic rings. The number of hydrogen-bond acceptors (Lipinski definition) is 6. The molecule has 152 valence electrons. The molecule has 31 heavy (non-hydrogen) atoms. The van der Waals surface area contributed by atoms with E-state index in [1.165, 1.54) is 13.3 Å². The number of fused-ring (bicyclic) bond motifs is 1. The largest absolute Gasteiger partial charge is 0.365 e. The Bertz CT molecular complexity index is 1320. The van der Waals surface area contributed by atoms with Crippen LogP contribution in [-0.4, -0.2) is 31.4 Å². The highest BCUT2D eigenvalue weighted by molar-refractivity contribution is 5.99. The lowest BCUT2D eigenvalue weighted by molar-refractivity contribution is -0.116. The molecule has 0 fully saturated rings. The third-order valence-electron chi connectivity index (χ3n) is 4.82. The Morgan fingerprint density at radius 1 is 1.10 bits per heavy atom. The number of benzene rings is 1. The Morgan fingerprint density at radius 2 is 1.87 bits per heavy atom. The van der Waals surface area contributed by atoms with Gasteiger partial charge >= 0.3 is 0 Å². The minimum absolute atomic E-state index is 0.124. The number of rotatable bonds is 5. The average molecular weight is 411 g/mol. The maximum Gasteiger partial charge on any atom is 0.252 e. The van der Waals surface area contributed by atoms with Crippen LogP contribution in [0.1, 0.15) is 28.5 Å². The fraction of sp³-hybridized carbons (Fsp3) is 0.0909. The predicted octanol–water partition coefficient (Wildman–Crippen LogP) is 2.31. The number of hydrogen-bond donors (Lipinski definition) is 1. The van der Waals surface area contributed by atoms with Crippen LogP contribution in [0.2, 0.25) is 0 Å². The summed E-state index contributed by atoms with van der Waals surface area (Å²) in [5.74, 6) is -0.698. The van der Waals surface area contributed by atoms with Crippen LogP contribution in [0.15, 0.2) is 61.1 Å². The minimum atomic E-state index is -0.575. The van der Waals surface area contributed by atoms with Gasteiger partial charge < -0.3 is 10.6 Å². The molecule has 0 saturated carbocycles. The van der Waals surface area contributed by atoms with Crippen LogP contribution in [0.5, 0.6) is 0 Å². The lowest BCUT2D eigenvalue weighted by atomic mass is 10.1. The Balaban J connectivity index is 1.65. The maximum absolute atomic E-state index is 12.3. The van der Waals surface area contributed by atoms with E-state index >= 15 is 0 Å². The van der Waals surface area contributed by atoms with Gasteiger partial charge in [0.15, 0.2) is 5.65 Å². The first-order valence-electron chi connectivity index (χ1n) is 9.34. The molecule has 9 nitrogen and oxygen atoms in total. The molecule has 0 aliphatic carbocycles. The smallest absolute Gasteiger partial charge is 0.252 e. The van der Waals surface area contributed by atoms with Crippen molar-refractivity contribution in [3.63, 3.8) is 0 Å². The number of anilines is 1. The zero-order valence-corrected chi connectivity index (χ0v) is 16.6. The van der Waals surface area contributed by atoms with Gasteiger partial charge in [-0.15, -0.1) is 0 Å². The van der Waals surface area contributed by atoms with Crippen molar-refractivity contribution in [2.75, 3.05) is 4.90 Å². The number of primary amides is 1. The second-order valence-corrected chi connectivity index (χ2v) is 6.81. The molecule has 9 heteroatoms. The van der Waals surface area contributed by atoms with E-state index in [1.807, 2.05) is 30.3 Å². The van der Waals surface area contributed by atoms with E-state index in [2.05, 4.69) is 15.1 Å². The zero-order valence-electron chi connectivity index (χ0n) is 16.6. The molecule has 0 bridgehead atoms. The van der Waals surface area contributed by atoms with E-state index in [9.17, 15) is 9.59 Å². The average Bonchev–Trinajstić information content (AvgIpc) is 3.27. The highest BCUT2D eigenvalue weighted by Gasteiger charge is 2.15. The quantitative estimate of drug-likeness (QED) is 0.536. The first-order valence-corrected chi connectivity index (χ1v) is 9.34. The number of carbonyl (C=O) groups is 2. The van der Waals surface area contributed by atoms with Gasteiger partial charge in [-0.2, -0.15) is 10.4 Å². The summed E-state index contributed by atoms with van der Waals surface area (Å²) in [4.78, 5) is 33.7. The van der Waals surface area contributed by atoms with Crippen molar-refractivity contribution >= 4 is 23.1 Å². The standard InChI is InChI=1S/C22H17N7O2/c1-14(30)28(12-15-2-5-17(10-23)25-11-15)18-6-3-16(4-7-18)20-9-8-19(21(24)31)22-26-13-27-29(20)22/h2-9,11,13H,12H2,1H3,(H2,24,31). The monoisotopic (exact) mass is 411 g/mol. The number of pyridine rings is 2. The Hall–Kier alpha value is -4.58. The van der Waals surface area contributed by atoms with Gasteiger partial charge in [0.05, 0.1) is 17.8 Å². The van der Waals surface area contributed by atoms with E-state index in [1.54, 1.807) is 39.9 Å². The highest BCUT2D eigenvalue weighted by Crippen LogP contribution is 2.25. The van der Waals surface area contributed by atoms with Crippen LogP contribution in [0.25, 0.3) is 16.9 Å². The Kier molecular flexibility index (Phi) is 5.12. The Labute approximate surface area is 177 Å². The van der Waals surface area contributed by atoms with Gasteiger partial charge in [0.2, 0.25) is 5.91 Å². The summed E-state index contributed by atoms with van der Waals surface area (Å²) >= 11 is 0. The van der Waals surface area contributed by atoms with Crippen LogP contribution in [-0.2, 0) is 11.3 Å². The molecular weight excluding hydrogens is 394 g/mol. The number of carbonyl (C=O) groups excluding carboxylic acids is 2. The van der Waals surface area contributed by atoms with E-state index in [0.29, 0.717) is 23.6 Å². The molecule has 2 amide bonds. The first kappa shape index (κ1) is 19.7. The van der Waals surface area contributed by atoms with Crippen molar-refractivity contribution < 1.29 is 9.59 Å². The molecule has 1 aromatic carbocycles. The van der Waals surface area contributed by atoms with Crippen LogP contribution in [0.4, 0.5) is 5.69 Å². The van der Waals surface area contributed by atoms with E-state index in [4.69, 9.17) is 11.0 Å². The van der Waals surface area contributed by atoms with Crippen molar-refractivity contribution in [1.29, 1.82) is 5.26 Å². The molecular formula is C22H17N7O2. The molecule has 0 atom stereocenters. The van der Waals surface area contributed by atoms with Gasteiger partial charge in [0.25, 0.3) is 5.91 Å². The topological polar surface area (TPSA) is 130 Å². The van der Waals surface area contributed by atoms with Crippen LogP contribution >= 0.6 is 0 Å². The second-order valence-electron chi connectivity index (χ2n) is 6.81. The lowest BCUT2D eigenvalue weighted by Gasteiger charge is -2.21. The van der Waals surface area contributed by atoms with Crippen molar-refractivity contribution in [3.05, 3.63) is 77.9 Å². The van der Waals surface area contributed by atoms with Crippen molar-refractivity contribution in [2.24, 2.45) is 5.73 Å². The van der Waals surface area contributed by atoms with E-state index in [-0.39, 0.29) is 11.5 Å². The van der Waals surface area contributed by atoms with Crippen molar-refractivity contribution in [3.8, 4) is 17.3 Å². The molecule has 0 radical (unpaired) electrons. The van der Waals surface area contributed by atoms with Gasteiger partial charge in [0.1, 0.15) is 18.1 Å². The van der Waals surface area contributed by atoms with E-state index < -0.39 is 5.91 Å². The second kappa shape index (κ2) is 8.04. The molecule has 0 aliphatic heterocycles. The van der Waals surface area contributed by atoms with Crippen LogP contribution < -0.4 is 10.6 Å². The fourth-order valence-corrected chi connectivity index (χ4v) is 3.28. The fourth-order valence-electron chi connectivity index (χ4n) is 3.28. The summed E-state index contributed by atoms with van der Waals surface area (Å²) in [5.41, 5.74) is 9.49. The lowest BCUT2D eigenvalue weighted by Crippen LogP contribution is -2.27. The van der Waals surface area contributed by atoms with Crippen LogP contribution in [0, 0.1) is 11.3 Å². The molecule has 3 aromatic heterocycles. The Morgan fingerprint density at radius 3 is 2.48 bits per heavy atom. The molecule has 3 heterocycles. The molecule has 0 aliphatic rings. The third-order valence-corrected chi connectivity index (χ3v) is 4.82. The third kappa shape index (κ3) is 3.82. The number of nitriles is 1. The predicted molar refractivity (Wildman–Crippen MR) is 113 cm³/mol. The maximum atomic E-state index is 12.3. The van der Waals surface area contributed by atoms with E-state index in [0.717, 1.165) is 16.8 Å².